The fraction of sp³-hybridized carbons (Fsp3) is 0.364. The number of imidazole rings is 1. The zero-order valence-corrected chi connectivity index (χ0v) is 8.79. The molecular formula is C11H15N3O. The summed E-state index contributed by atoms with van der Waals surface area (Å²) in [5.41, 5.74) is 7.34. The number of fused-ring (bicyclic) bond motifs is 1. The molecule has 1 heterocycles. The van der Waals surface area contributed by atoms with Gasteiger partial charge in [-0.05, 0) is 18.6 Å². The lowest BCUT2D eigenvalue weighted by Crippen LogP contribution is -1.95. The van der Waals surface area contributed by atoms with Crippen LogP contribution < -0.4 is 10.5 Å². The van der Waals surface area contributed by atoms with Gasteiger partial charge in [-0.2, -0.15) is 0 Å². The number of unbranched alkanes of at least 4 members (excludes halogenated alkanes) is 1. The van der Waals surface area contributed by atoms with Gasteiger partial charge in [-0.1, -0.05) is 13.3 Å². The smallest absolute Gasteiger partial charge is 0.198 e. The van der Waals surface area contributed by atoms with Crippen molar-refractivity contribution in [1.29, 1.82) is 0 Å². The largest absolute Gasteiger partial charge is 0.494 e. The van der Waals surface area contributed by atoms with E-state index in [0.717, 1.165) is 36.2 Å². The summed E-state index contributed by atoms with van der Waals surface area (Å²) in [6, 6.07) is 5.75. The van der Waals surface area contributed by atoms with Crippen molar-refractivity contribution in [3.63, 3.8) is 0 Å². The van der Waals surface area contributed by atoms with Crippen LogP contribution in [0.25, 0.3) is 11.0 Å². The lowest BCUT2D eigenvalue weighted by atomic mass is 10.3. The maximum Gasteiger partial charge on any atom is 0.198 e. The van der Waals surface area contributed by atoms with Crippen LogP contribution in [0.15, 0.2) is 18.2 Å². The van der Waals surface area contributed by atoms with E-state index >= 15 is 0 Å². The summed E-state index contributed by atoms with van der Waals surface area (Å²) in [4.78, 5) is 7.09. The number of nitrogens with two attached hydrogens (primary N) is 1. The molecule has 0 atom stereocenters. The Labute approximate surface area is 88.5 Å². The third-order valence-corrected chi connectivity index (χ3v) is 2.24. The van der Waals surface area contributed by atoms with Crippen LogP contribution in [-0.2, 0) is 0 Å². The first-order valence-corrected chi connectivity index (χ1v) is 5.17. The highest BCUT2D eigenvalue weighted by Crippen LogP contribution is 2.19. The molecule has 2 aromatic rings. The Hall–Kier alpha value is -1.71. The molecule has 0 aliphatic rings. The Morgan fingerprint density at radius 3 is 3.13 bits per heavy atom. The monoisotopic (exact) mass is 205 g/mol. The number of nitrogens with zero attached hydrogens (tertiary/aromatic N) is 1. The number of rotatable bonds is 4. The zero-order valence-electron chi connectivity index (χ0n) is 8.79. The van der Waals surface area contributed by atoms with Crippen LogP contribution in [0.1, 0.15) is 19.8 Å². The van der Waals surface area contributed by atoms with Crippen LogP contribution in [0.4, 0.5) is 5.95 Å². The van der Waals surface area contributed by atoms with Gasteiger partial charge >= 0.3 is 0 Å². The number of aromatic nitrogens is 2. The standard InChI is InChI=1S/C11H15N3O/c1-2-3-6-15-8-4-5-9-10(7-8)14-11(12)13-9/h4-5,7H,2-3,6H2,1H3,(H3,12,13,14). The molecule has 0 spiro atoms. The van der Waals surface area contributed by atoms with Gasteiger partial charge in [0, 0.05) is 6.07 Å². The van der Waals surface area contributed by atoms with E-state index in [9.17, 15) is 0 Å². The van der Waals surface area contributed by atoms with Crippen molar-refractivity contribution < 1.29 is 4.74 Å². The lowest BCUT2D eigenvalue weighted by Gasteiger charge is -2.04. The van der Waals surface area contributed by atoms with Gasteiger partial charge in [0.15, 0.2) is 5.95 Å². The molecule has 0 fully saturated rings. The first kappa shape index (κ1) is 9.83. The molecule has 1 aromatic heterocycles. The van der Waals surface area contributed by atoms with E-state index in [1.54, 1.807) is 0 Å². The Bertz CT molecular complexity index is 450. The number of nitrogens with one attached hydrogen (secondary N) is 1. The summed E-state index contributed by atoms with van der Waals surface area (Å²) in [6.07, 6.45) is 2.21. The highest BCUT2D eigenvalue weighted by molar-refractivity contribution is 5.78. The number of benzene rings is 1. The minimum absolute atomic E-state index is 0.440. The molecule has 0 saturated carbocycles. The Balaban J connectivity index is 2.15. The van der Waals surface area contributed by atoms with Crippen molar-refractivity contribution in [2.45, 2.75) is 19.8 Å². The third-order valence-electron chi connectivity index (χ3n) is 2.24. The molecule has 4 heteroatoms. The van der Waals surface area contributed by atoms with Gasteiger partial charge in [-0.15, -0.1) is 0 Å². The average molecular weight is 205 g/mol. The van der Waals surface area contributed by atoms with Gasteiger partial charge in [0.25, 0.3) is 0 Å². The molecule has 4 nitrogen and oxygen atoms in total. The van der Waals surface area contributed by atoms with Gasteiger partial charge in [0.2, 0.25) is 0 Å². The van der Waals surface area contributed by atoms with Crippen molar-refractivity contribution >= 4 is 17.0 Å². The predicted octanol–water partition coefficient (Wildman–Crippen LogP) is 2.32. The molecule has 0 aliphatic carbocycles. The second kappa shape index (κ2) is 4.21. The van der Waals surface area contributed by atoms with E-state index in [-0.39, 0.29) is 0 Å². The normalized spacial score (nSPS) is 10.7. The number of hydrogen-bond acceptors (Lipinski definition) is 3. The third kappa shape index (κ3) is 2.21. The molecular weight excluding hydrogens is 190 g/mol. The van der Waals surface area contributed by atoms with Gasteiger partial charge in [0.1, 0.15) is 5.75 Å². The molecule has 0 saturated heterocycles. The van der Waals surface area contributed by atoms with Gasteiger partial charge < -0.3 is 15.5 Å². The van der Waals surface area contributed by atoms with E-state index < -0.39 is 0 Å². The van der Waals surface area contributed by atoms with Crippen molar-refractivity contribution in [3.8, 4) is 5.75 Å². The number of hydrogen-bond donors (Lipinski definition) is 2. The summed E-state index contributed by atoms with van der Waals surface area (Å²) < 4.78 is 5.58. The van der Waals surface area contributed by atoms with Crippen LogP contribution in [0.3, 0.4) is 0 Å². The minimum Gasteiger partial charge on any atom is -0.494 e. The minimum atomic E-state index is 0.440. The van der Waals surface area contributed by atoms with Gasteiger partial charge in [-0.3, -0.25) is 0 Å². The molecule has 3 N–H and O–H groups in total. The van der Waals surface area contributed by atoms with Crippen LogP contribution in [-0.4, -0.2) is 16.6 Å². The Morgan fingerprint density at radius 1 is 1.47 bits per heavy atom. The fourth-order valence-electron chi connectivity index (χ4n) is 1.43. The molecule has 15 heavy (non-hydrogen) atoms. The van der Waals surface area contributed by atoms with E-state index in [2.05, 4.69) is 16.9 Å². The number of anilines is 1. The van der Waals surface area contributed by atoms with E-state index in [1.165, 1.54) is 0 Å². The van der Waals surface area contributed by atoms with E-state index in [0.29, 0.717) is 5.95 Å². The molecule has 0 amide bonds. The molecule has 80 valence electrons. The van der Waals surface area contributed by atoms with E-state index in [4.69, 9.17) is 10.5 Å². The van der Waals surface area contributed by atoms with Crippen molar-refractivity contribution in [3.05, 3.63) is 18.2 Å². The Morgan fingerprint density at radius 2 is 2.33 bits per heavy atom. The van der Waals surface area contributed by atoms with Crippen LogP contribution >= 0.6 is 0 Å². The van der Waals surface area contributed by atoms with Crippen molar-refractivity contribution in [2.75, 3.05) is 12.3 Å². The molecule has 0 unspecified atom stereocenters. The first-order chi connectivity index (χ1) is 7.29. The van der Waals surface area contributed by atoms with Crippen LogP contribution in [0.5, 0.6) is 5.75 Å². The zero-order chi connectivity index (χ0) is 10.7. The average Bonchev–Trinajstić information content (AvgIpc) is 2.57. The molecule has 1 aromatic carbocycles. The highest BCUT2D eigenvalue weighted by atomic mass is 16.5. The van der Waals surface area contributed by atoms with Crippen LogP contribution in [0, 0.1) is 0 Å². The van der Waals surface area contributed by atoms with Gasteiger partial charge in [-0.25, -0.2) is 4.98 Å². The van der Waals surface area contributed by atoms with Crippen LogP contribution in [0.2, 0.25) is 0 Å². The summed E-state index contributed by atoms with van der Waals surface area (Å²) in [6.45, 7) is 2.90. The number of ether oxygens (including phenoxy) is 1. The second-order valence-corrected chi connectivity index (χ2v) is 3.50. The maximum atomic E-state index is 5.58. The van der Waals surface area contributed by atoms with E-state index in [1.807, 2.05) is 18.2 Å². The fourth-order valence-corrected chi connectivity index (χ4v) is 1.43. The number of aromatic amines is 1. The summed E-state index contributed by atoms with van der Waals surface area (Å²) in [7, 11) is 0. The summed E-state index contributed by atoms with van der Waals surface area (Å²) in [5.74, 6) is 1.30. The SMILES string of the molecule is CCCCOc1ccc2nc(N)[nH]c2c1. The quantitative estimate of drug-likeness (QED) is 0.753. The maximum absolute atomic E-state index is 5.58. The van der Waals surface area contributed by atoms with Crippen molar-refractivity contribution in [2.24, 2.45) is 0 Å². The summed E-state index contributed by atoms with van der Waals surface area (Å²) >= 11 is 0. The number of H-pyrrole nitrogens is 1. The summed E-state index contributed by atoms with van der Waals surface area (Å²) in [5, 5.41) is 0. The predicted molar refractivity (Wildman–Crippen MR) is 60.9 cm³/mol. The topological polar surface area (TPSA) is 63.9 Å². The molecule has 2 rings (SSSR count). The first-order valence-electron chi connectivity index (χ1n) is 5.17. The highest BCUT2D eigenvalue weighted by Gasteiger charge is 2.01. The molecule has 0 bridgehead atoms. The van der Waals surface area contributed by atoms with Gasteiger partial charge in [0.05, 0.1) is 17.6 Å². The van der Waals surface area contributed by atoms with Crippen molar-refractivity contribution in [1.82, 2.24) is 9.97 Å². The molecule has 0 aliphatic heterocycles. The molecule has 0 radical (unpaired) electrons. The second-order valence-electron chi connectivity index (χ2n) is 3.50. The number of nitrogen functional groups attached to an aromatic ring is 1. The Kier molecular flexibility index (Phi) is 2.76. The lowest BCUT2D eigenvalue weighted by molar-refractivity contribution is 0.310.